The van der Waals surface area contributed by atoms with Gasteiger partial charge in [0.2, 0.25) is 0 Å². The van der Waals surface area contributed by atoms with Gasteiger partial charge in [0.1, 0.15) is 0 Å². The number of nitrogens with one attached hydrogen (secondary N) is 1. The Kier molecular flexibility index (Phi) is 4.22. The summed E-state index contributed by atoms with van der Waals surface area (Å²) in [4.78, 5) is 18.0. The number of rotatable bonds is 3. The van der Waals surface area contributed by atoms with Crippen LogP contribution in [0.2, 0.25) is 0 Å². The van der Waals surface area contributed by atoms with Crippen molar-refractivity contribution in [3.8, 4) is 11.3 Å². The van der Waals surface area contributed by atoms with Crippen LogP contribution in [0, 0.1) is 20.8 Å². The molecule has 7 heteroatoms. The van der Waals surface area contributed by atoms with Crippen molar-refractivity contribution in [2.75, 3.05) is 5.32 Å². The van der Waals surface area contributed by atoms with Gasteiger partial charge < -0.3 is 5.32 Å². The van der Waals surface area contributed by atoms with Crippen LogP contribution >= 0.6 is 0 Å². The molecule has 4 aromatic rings. The lowest BCUT2D eigenvalue weighted by Gasteiger charge is -2.11. The van der Waals surface area contributed by atoms with Crippen LogP contribution in [-0.4, -0.2) is 30.5 Å². The lowest BCUT2D eigenvalue weighted by molar-refractivity contribution is 0.102. The molecular weight excluding hydrogens is 352 g/mol. The molecule has 0 aliphatic rings. The number of hydrogen-bond acceptors (Lipinski definition) is 4. The molecule has 0 saturated heterocycles. The van der Waals surface area contributed by atoms with Crippen LogP contribution in [0.1, 0.15) is 27.4 Å². The smallest absolute Gasteiger partial charge is 0.256 e. The third kappa shape index (κ3) is 2.85. The quantitative estimate of drug-likeness (QED) is 0.595. The summed E-state index contributed by atoms with van der Waals surface area (Å²) in [6.45, 7) is 5.88. The number of benzene rings is 1. The van der Waals surface area contributed by atoms with Crippen LogP contribution in [0.25, 0.3) is 22.2 Å². The van der Waals surface area contributed by atoms with Gasteiger partial charge in [-0.05, 0) is 32.9 Å². The van der Waals surface area contributed by atoms with E-state index in [2.05, 4.69) is 15.5 Å². The monoisotopic (exact) mass is 374 g/mol. The molecule has 0 saturated carbocycles. The fraction of sp³-hybridized carbons (Fsp3) is 0.238. The maximum atomic E-state index is 13.2. The predicted molar refractivity (Wildman–Crippen MR) is 109 cm³/mol. The predicted octanol–water partition coefficient (Wildman–Crippen LogP) is 3.55. The van der Waals surface area contributed by atoms with Crippen LogP contribution in [0.4, 0.5) is 5.69 Å². The Morgan fingerprint density at radius 3 is 2.43 bits per heavy atom. The highest BCUT2D eigenvalue weighted by Crippen LogP contribution is 2.29. The van der Waals surface area contributed by atoms with E-state index in [-0.39, 0.29) is 5.91 Å². The van der Waals surface area contributed by atoms with E-state index in [0.29, 0.717) is 11.3 Å². The number of para-hydroxylation sites is 1. The highest BCUT2D eigenvalue weighted by atomic mass is 16.1. The topological polar surface area (TPSA) is 77.6 Å². The van der Waals surface area contributed by atoms with Crippen molar-refractivity contribution in [2.45, 2.75) is 20.8 Å². The van der Waals surface area contributed by atoms with E-state index in [1.54, 1.807) is 10.9 Å². The first-order valence-electron chi connectivity index (χ1n) is 9.07. The molecule has 4 rings (SSSR count). The minimum atomic E-state index is -0.185. The number of fused-ring (bicyclic) bond motifs is 1. The van der Waals surface area contributed by atoms with E-state index < -0.39 is 0 Å². The summed E-state index contributed by atoms with van der Waals surface area (Å²) in [5.41, 5.74) is 6.54. The number of aryl methyl sites for hydroxylation is 3. The molecule has 0 fully saturated rings. The van der Waals surface area contributed by atoms with Crippen molar-refractivity contribution in [1.29, 1.82) is 0 Å². The number of amides is 1. The summed E-state index contributed by atoms with van der Waals surface area (Å²) in [7, 11) is 3.75. The Hall–Kier alpha value is -3.48. The first-order chi connectivity index (χ1) is 13.4. The van der Waals surface area contributed by atoms with Crippen LogP contribution in [0.15, 0.2) is 36.5 Å². The minimum Gasteiger partial charge on any atom is -0.319 e. The fourth-order valence-corrected chi connectivity index (χ4v) is 3.45. The Morgan fingerprint density at radius 1 is 1.04 bits per heavy atom. The number of carbonyl (C=O) groups is 1. The van der Waals surface area contributed by atoms with Gasteiger partial charge in [0.05, 0.1) is 40.0 Å². The molecule has 0 aliphatic heterocycles. The second kappa shape index (κ2) is 6.60. The number of pyridine rings is 1. The standard InChI is InChI=1S/C21H22N6O/c1-12-20(14(3)27(5)25-12)18-10-16(15-8-6-7-9-17(15)23-18)21(28)24-19-11-22-26(4)13(19)2/h6-11H,1-5H3,(H,24,28). The average molecular weight is 374 g/mol. The third-order valence-electron chi connectivity index (χ3n) is 5.21. The number of hydrogen-bond donors (Lipinski definition) is 1. The van der Waals surface area contributed by atoms with Gasteiger partial charge in [0, 0.05) is 30.7 Å². The molecule has 7 nitrogen and oxygen atoms in total. The van der Waals surface area contributed by atoms with Crippen molar-refractivity contribution in [3.05, 3.63) is 59.2 Å². The summed E-state index contributed by atoms with van der Waals surface area (Å²) >= 11 is 0. The zero-order chi connectivity index (χ0) is 20.0. The van der Waals surface area contributed by atoms with E-state index in [1.165, 1.54) is 0 Å². The van der Waals surface area contributed by atoms with Crippen LogP contribution in [-0.2, 0) is 14.1 Å². The number of nitrogens with zero attached hydrogens (tertiary/aromatic N) is 5. The molecule has 0 aliphatic carbocycles. The maximum Gasteiger partial charge on any atom is 0.256 e. The number of anilines is 1. The molecular formula is C21H22N6O. The van der Waals surface area contributed by atoms with Crippen LogP contribution in [0.3, 0.4) is 0 Å². The van der Waals surface area contributed by atoms with Gasteiger partial charge in [-0.3, -0.25) is 14.2 Å². The van der Waals surface area contributed by atoms with Gasteiger partial charge in [-0.25, -0.2) is 4.98 Å². The van der Waals surface area contributed by atoms with Crippen molar-refractivity contribution in [2.24, 2.45) is 14.1 Å². The second-order valence-electron chi connectivity index (χ2n) is 6.96. The summed E-state index contributed by atoms with van der Waals surface area (Å²) in [6, 6.07) is 9.53. The molecule has 1 amide bonds. The van der Waals surface area contributed by atoms with Gasteiger partial charge in [0.25, 0.3) is 5.91 Å². The van der Waals surface area contributed by atoms with Crippen molar-refractivity contribution in [3.63, 3.8) is 0 Å². The largest absolute Gasteiger partial charge is 0.319 e. The maximum absolute atomic E-state index is 13.2. The molecule has 0 spiro atoms. The summed E-state index contributed by atoms with van der Waals surface area (Å²) in [6.07, 6.45) is 1.66. The van der Waals surface area contributed by atoms with E-state index in [1.807, 2.05) is 69.9 Å². The molecule has 0 radical (unpaired) electrons. The molecule has 3 aromatic heterocycles. The van der Waals surface area contributed by atoms with Crippen molar-refractivity contribution < 1.29 is 4.79 Å². The fourth-order valence-electron chi connectivity index (χ4n) is 3.45. The molecule has 0 atom stereocenters. The van der Waals surface area contributed by atoms with Gasteiger partial charge in [-0.2, -0.15) is 10.2 Å². The number of aromatic nitrogens is 5. The van der Waals surface area contributed by atoms with E-state index >= 15 is 0 Å². The molecule has 0 unspecified atom stereocenters. The Bertz CT molecular complexity index is 1220. The Balaban J connectivity index is 1.87. The SMILES string of the molecule is Cc1nn(C)c(C)c1-c1cc(C(=O)Nc2cnn(C)c2C)c2ccccc2n1. The first kappa shape index (κ1) is 17.9. The molecule has 0 bridgehead atoms. The van der Waals surface area contributed by atoms with E-state index in [9.17, 15) is 4.79 Å². The second-order valence-corrected chi connectivity index (χ2v) is 6.96. The highest BCUT2D eigenvalue weighted by molar-refractivity contribution is 6.13. The molecule has 1 aromatic carbocycles. The zero-order valence-electron chi connectivity index (χ0n) is 16.6. The number of carbonyl (C=O) groups excluding carboxylic acids is 1. The minimum absolute atomic E-state index is 0.185. The summed E-state index contributed by atoms with van der Waals surface area (Å²) in [5, 5.41) is 12.5. The molecule has 3 heterocycles. The van der Waals surface area contributed by atoms with Crippen molar-refractivity contribution >= 4 is 22.5 Å². The first-order valence-corrected chi connectivity index (χ1v) is 9.07. The summed E-state index contributed by atoms with van der Waals surface area (Å²) < 4.78 is 3.56. The van der Waals surface area contributed by atoms with Gasteiger partial charge >= 0.3 is 0 Å². The lowest BCUT2D eigenvalue weighted by Crippen LogP contribution is -2.13. The van der Waals surface area contributed by atoms with E-state index in [0.717, 1.165) is 39.2 Å². The summed E-state index contributed by atoms with van der Waals surface area (Å²) in [5.74, 6) is -0.185. The van der Waals surface area contributed by atoms with Gasteiger partial charge in [0.15, 0.2) is 0 Å². The normalized spacial score (nSPS) is 11.2. The molecule has 28 heavy (non-hydrogen) atoms. The zero-order valence-corrected chi connectivity index (χ0v) is 16.6. The van der Waals surface area contributed by atoms with Crippen LogP contribution < -0.4 is 5.32 Å². The Morgan fingerprint density at radius 2 is 1.79 bits per heavy atom. The Labute approximate surface area is 163 Å². The lowest BCUT2D eigenvalue weighted by atomic mass is 10.0. The van der Waals surface area contributed by atoms with Gasteiger partial charge in [-0.1, -0.05) is 18.2 Å². The average Bonchev–Trinajstić information content (AvgIpc) is 3.12. The molecule has 142 valence electrons. The third-order valence-corrected chi connectivity index (χ3v) is 5.21. The van der Waals surface area contributed by atoms with E-state index in [4.69, 9.17) is 4.98 Å². The van der Waals surface area contributed by atoms with Gasteiger partial charge in [-0.15, -0.1) is 0 Å². The highest BCUT2D eigenvalue weighted by Gasteiger charge is 2.19. The molecule has 1 N–H and O–H groups in total. The van der Waals surface area contributed by atoms with Crippen molar-refractivity contribution in [1.82, 2.24) is 24.5 Å². The van der Waals surface area contributed by atoms with Crippen LogP contribution in [0.5, 0.6) is 0 Å².